The van der Waals surface area contributed by atoms with Crippen LogP contribution < -0.4 is 5.32 Å². The summed E-state index contributed by atoms with van der Waals surface area (Å²) in [7, 11) is 0. The molecule has 1 aromatic heterocycles. The Bertz CT molecular complexity index is 507. The molecule has 0 unspecified atom stereocenters. The van der Waals surface area contributed by atoms with Crippen LogP contribution in [0.4, 0.5) is 4.39 Å². The van der Waals surface area contributed by atoms with Crippen molar-refractivity contribution >= 4 is 0 Å². The highest BCUT2D eigenvalue weighted by Crippen LogP contribution is 2.15. The summed E-state index contributed by atoms with van der Waals surface area (Å²) in [6, 6.07) is 4.64. The second-order valence-electron chi connectivity index (χ2n) is 3.80. The molecule has 0 aliphatic rings. The highest BCUT2D eigenvalue weighted by atomic mass is 19.1. The Morgan fingerprint density at radius 3 is 2.94 bits per heavy atom. The van der Waals surface area contributed by atoms with Gasteiger partial charge in [0.15, 0.2) is 0 Å². The monoisotopic (exact) mass is 234 g/mol. The fraction of sp³-hybridized carbons (Fsp3) is 0.333. The molecule has 1 aromatic carbocycles. The summed E-state index contributed by atoms with van der Waals surface area (Å²) >= 11 is 0. The molecule has 0 saturated carbocycles. The molecular formula is C12H15FN4. The second kappa shape index (κ2) is 5.05. The summed E-state index contributed by atoms with van der Waals surface area (Å²) in [5.41, 5.74) is 1.70. The zero-order valence-corrected chi connectivity index (χ0v) is 9.94. The third-order valence-corrected chi connectivity index (χ3v) is 2.54. The molecule has 0 aliphatic carbocycles. The van der Waals surface area contributed by atoms with E-state index in [0.717, 1.165) is 23.6 Å². The fourth-order valence-corrected chi connectivity index (χ4v) is 1.68. The molecule has 1 heterocycles. The molecule has 0 aliphatic heterocycles. The van der Waals surface area contributed by atoms with Gasteiger partial charge < -0.3 is 5.32 Å². The van der Waals surface area contributed by atoms with Crippen LogP contribution in [-0.2, 0) is 6.54 Å². The molecule has 0 amide bonds. The van der Waals surface area contributed by atoms with Crippen LogP contribution >= 0.6 is 0 Å². The van der Waals surface area contributed by atoms with E-state index < -0.39 is 0 Å². The number of halogens is 1. The number of benzene rings is 1. The first-order chi connectivity index (χ1) is 8.22. The van der Waals surface area contributed by atoms with Crippen molar-refractivity contribution in [3.63, 3.8) is 0 Å². The lowest BCUT2D eigenvalue weighted by atomic mass is 10.2. The number of aryl methyl sites for hydroxylation is 1. The molecule has 4 nitrogen and oxygen atoms in total. The van der Waals surface area contributed by atoms with Gasteiger partial charge in [-0.25, -0.2) is 14.1 Å². The summed E-state index contributed by atoms with van der Waals surface area (Å²) < 4.78 is 14.8. The van der Waals surface area contributed by atoms with Crippen molar-refractivity contribution in [1.29, 1.82) is 0 Å². The van der Waals surface area contributed by atoms with E-state index in [2.05, 4.69) is 15.4 Å². The largest absolute Gasteiger partial charge is 0.310 e. The standard InChI is InChI=1S/C12H15FN4/c1-3-14-7-12-15-8-16-17(12)11-5-4-10(13)6-9(11)2/h4-6,8,14H,3,7H2,1-2H3. The Labute approximate surface area is 99.5 Å². The number of hydrogen-bond donors (Lipinski definition) is 1. The van der Waals surface area contributed by atoms with Gasteiger partial charge in [-0.1, -0.05) is 6.92 Å². The number of aromatic nitrogens is 3. The van der Waals surface area contributed by atoms with Gasteiger partial charge in [-0.3, -0.25) is 0 Å². The summed E-state index contributed by atoms with van der Waals surface area (Å²) in [4.78, 5) is 4.19. The van der Waals surface area contributed by atoms with Crippen LogP contribution in [0.1, 0.15) is 18.3 Å². The number of nitrogens with zero attached hydrogens (tertiary/aromatic N) is 3. The molecule has 17 heavy (non-hydrogen) atoms. The smallest absolute Gasteiger partial charge is 0.146 e. The van der Waals surface area contributed by atoms with Crippen molar-refractivity contribution in [2.75, 3.05) is 6.54 Å². The molecule has 0 atom stereocenters. The number of rotatable bonds is 4. The molecular weight excluding hydrogens is 219 g/mol. The van der Waals surface area contributed by atoms with Gasteiger partial charge in [0.25, 0.3) is 0 Å². The normalized spacial score (nSPS) is 10.8. The summed E-state index contributed by atoms with van der Waals surface area (Å²) in [5.74, 6) is 0.584. The Morgan fingerprint density at radius 2 is 2.24 bits per heavy atom. The van der Waals surface area contributed by atoms with E-state index >= 15 is 0 Å². The average molecular weight is 234 g/mol. The molecule has 0 bridgehead atoms. The number of nitrogens with one attached hydrogen (secondary N) is 1. The molecule has 1 N–H and O–H groups in total. The summed E-state index contributed by atoms with van der Waals surface area (Å²) in [5, 5.41) is 7.37. The van der Waals surface area contributed by atoms with Crippen molar-refractivity contribution in [3.8, 4) is 5.69 Å². The zero-order chi connectivity index (χ0) is 12.3. The maximum absolute atomic E-state index is 13.0. The van der Waals surface area contributed by atoms with E-state index in [1.54, 1.807) is 10.7 Å². The van der Waals surface area contributed by atoms with E-state index in [-0.39, 0.29) is 5.82 Å². The van der Waals surface area contributed by atoms with Gasteiger partial charge in [0.2, 0.25) is 0 Å². The van der Waals surface area contributed by atoms with Gasteiger partial charge in [0.1, 0.15) is 18.0 Å². The first-order valence-corrected chi connectivity index (χ1v) is 5.58. The third-order valence-electron chi connectivity index (χ3n) is 2.54. The van der Waals surface area contributed by atoms with E-state index in [1.165, 1.54) is 18.5 Å². The molecule has 0 saturated heterocycles. The van der Waals surface area contributed by atoms with Crippen molar-refractivity contribution < 1.29 is 4.39 Å². The lowest BCUT2D eigenvalue weighted by molar-refractivity contribution is 0.623. The zero-order valence-electron chi connectivity index (χ0n) is 9.94. The molecule has 0 spiro atoms. The maximum Gasteiger partial charge on any atom is 0.146 e. The van der Waals surface area contributed by atoms with Crippen molar-refractivity contribution in [2.45, 2.75) is 20.4 Å². The topological polar surface area (TPSA) is 42.7 Å². The summed E-state index contributed by atoms with van der Waals surface area (Å²) in [6.07, 6.45) is 1.51. The molecule has 2 rings (SSSR count). The van der Waals surface area contributed by atoms with Crippen LogP contribution in [0.5, 0.6) is 0 Å². The highest BCUT2D eigenvalue weighted by Gasteiger charge is 2.08. The summed E-state index contributed by atoms with van der Waals surface area (Å²) in [6.45, 7) is 5.41. The first-order valence-electron chi connectivity index (χ1n) is 5.58. The van der Waals surface area contributed by atoms with Crippen molar-refractivity contribution in [2.24, 2.45) is 0 Å². The quantitative estimate of drug-likeness (QED) is 0.877. The van der Waals surface area contributed by atoms with E-state index in [4.69, 9.17) is 0 Å². The van der Waals surface area contributed by atoms with E-state index in [9.17, 15) is 4.39 Å². The average Bonchev–Trinajstić information content (AvgIpc) is 2.74. The minimum atomic E-state index is -0.236. The minimum Gasteiger partial charge on any atom is -0.310 e. The molecule has 0 fully saturated rings. The Hall–Kier alpha value is -1.75. The SMILES string of the molecule is CCNCc1ncnn1-c1ccc(F)cc1C. The fourth-order valence-electron chi connectivity index (χ4n) is 1.68. The van der Waals surface area contributed by atoms with Gasteiger partial charge in [-0.05, 0) is 37.2 Å². The van der Waals surface area contributed by atoms with Gasteiger partial charge in [0.05, 0.1) is 12.2 Å². The lowest BCUT2D eigenvalue weighted by Gasteiger charge is -2.09. The van der Waals surface area contributed by atoms with Crippen molar-refractivity contribution in [1.82, 2.24) is 20.1 Å². The van der Waals surface area contributed by atoms with Gasteiger partial charge in [0, 0.05) is 0 Å². The van der Waals surface area contributed by atoms with Crippen LogP contribution in [0.3, 0.4) is 0 Å². The maximum atomic E-state index is 13.0. The molecule has 5 heteroatoms. The van der Waals surface area contributed by atoms with Gasteiger partial charge in [-0.2, -0.15) is 5.10 Å². The van der Waals surface area contributed by atoms with Gasteiger partial charge in [-0.15, -0.1) is 0 Å². The van der Waals surface area contributed by atoms with Gasteiger partial charge >= 0.3 is 0 Å². The van der Waals surface area contributed by atoms with E-state index in [0.29, 0.717) is 6.54 Å². The van der Waals surface area contributed by atoms with Crippen LogP contribution in [0.15, 0.2) is 24.5 Å². The van der Waals surface area contributed by atoms with Crippen LogP contribution in [0, 0.1) is 12.7 Å². The van der Waals surface area contributed by atoms with Crippen LogP contribution in [-0.4, -0.2) is 21.3 Å². The molecule has 2 aromatic rings. The highest BCUT2D eigenvalue weighted by molar-refractivity contribution is 5.40. The minimum absolute atomic E-state index is 0.236. The van der Waals surface area contributed by atoms with Crippen molar-refractivity contribution in [3.05, 3.63) is 41.7 Å². The lowest BCUT2D eigenvalue weighted by Crippen LogP contribution is -2.16. The number of hydrogen-bond acceptors (Lipinski definition) is 3. The predicted molar refractivity (Wildman–Crippen MR) is 63.4 cm³/mol. The van der Waals surface area contributed by atoms with E-state index in [1.807, 2.05) is 13.8 Å². The first kappa shape index (κ1) is 11.7. The van der Waals surface area contributed by atoms with Crippen LogP contribution in [0.2, 0.25) is 0 Å². The molecule has 0 radical (unpaired) electrons. The third kappa shape index (κ3) is 2.50. The second-order valence-corrected chi connectivity index (χ2v) is 3.80. The van der Waals surface area contributed by atoms with Crippen LogP contribution in [0.25, 0.3) is 5.69 Å². The Balaban J connectivity index is 2.35. The molecule has 90 valence electrons. The Morgan fingerprint density at radius 1 is 1.41 bits per heavy atom. The predicted octanol–water partition coefficient (Wildman–Crippen LogP) is 1.82. The Kier molecular flexibility index (Phi) is 3.49.